The second-order valence-electron chi connectivity index (χ2n) is 9.67. The van der Waals surface area contributed by atoms with Crippen molar-refractivity contribution in [2.24, 2.45) is 0 Å². The van der Waals surface area contributed by atoms with Gasteiger partial charge < -0.3 is 10.3 Å². The first-order valence-electron chi connectivity index (χ1n) is 12.0. The number of likely N-dealkylation sites (tertiary alicyclic amines) is 1. The maximum absolute atomic E-state index is 11.7. The van der Waals surface area contributed by atoms with Crippen LogP contribution in [0.15, 0.2) is 42.6 Å². The summed E-state index contributed by atoms with van der Waals surface area (Å²) in [5.74, 6) is 1.04. The summed E-state index contributed by atoms with van der Waals surface area (Å²) in [6, 6.07) is 13.4. The number of nitrogens with zero attached hydrogens (tertiary/aromatic N) is 3. The summed E-state index contributed by atoms with van der Waals surface area (Å²) in [7, 11) is 1.70. The number of hydrogen-bond acceptors (Lipinski definition) is 3. The van der Waals surface area contributed by atoms with E-state index in [2.05, 4.69) is 70.5 Å². The van der Waals surface area contributed by atoms with E-state index in [0.717, 1.165) is 37.1 Å². The van der Waals surface area contributed by atoms with Crippen LogP contribution in [-0.4, -0.2) is 52.1 Å². The molecule has 0 saturated carbocycles. The highest BCUT2D eigenvalue weighted by Crippen LogP contribution is 2.38. The summed E-state index contributed by atoms with van der Waals surface area (Å²) < 4.78 is 1.94. The van der Waals surface area contributed by atoms with Crippen LogP contribution in [0.5, 0.6) is 0 Å². The average molecular weight is 444 g/mol. The molecule has 1 saturated heterocycles. The van der Waals surface area contributed by atoms with E-state index in [1.54, 1.807) is 7.05 Å². The summed E-state index contributed by atoms with van der Waals surface area (Å²) in [4.78, 5) is 17.7. The van der Waals surface area contributed by atoms with Crippen LogP contribution in [0.1, 0.15) is 55.3 Å². The van der Waals surface area contributed by atoms with Gasteiger partial charge in [-0.1, -0.05) is 19.9 Å². The van der Waals surface area contributed by atoms with E-state index in [0.29, 0.717) is 18.4 Å². The summed E-state index contributed by atoms with van der Waals surface area (Å²) in [5, 5.41) is 8.58. The fraction of sp³-hybridized carbons (Fsp3) is 0.407. The molecule has 4 heterocycles. The van der Waals surface area contributed by atoms with Crippen LogP contribution in [0.4, 0.5) is 0 Å². The van der Waals surface area contributed by atoms with Gasteiger partial charge >= 0.3 is 0 Å². The number of H-pyrrole nitrogens is 1. The first-order valence-corrected chi connectivity index (χ1v) is 12.0. The van der Waals surface area contributed by atoms with Crippen LogP contribution in [-0.2, 0) is 4.79 Å². The lowest BCUT2D eigenvalue weighted by molar-refractivity contribution is -0.122. The summed E-state index contributed by atoms with van der Waals surface area (Å²) >= 11 is 0. The molecule has 1 amide bonds. The Morgan fingerprint density at radius 1 is 1.18 bits per heavy atom. The molecule has 0 unspecified atom stereocenters. The van der Waals surface area contributed by atoms with Crippen LogP contribution in [0.2, 0.25) is 0 Å². The third kappa shape index (κ3) is 4.15. The van der Waals surface area contributed by atoms with E-state index in [9.17, 15) is 4.79 Å². The highest BCUT2D eigenvalue weighted by Gasteiger charge is 2.23. The Morgan fingerprint density at radius 2 is 1.97 bits per heavy atom. The van der Waals surface area contributed by atoms with Crippen molar-refractivity contribution in [1.29, 1.82) is 0 Å². The van der Waals surface area contributed by atoms with E-state index in [4.69, 9.17) is 0 Å². The Bertz CT molecular complexity index is 1310. The molecule has 1 aromatic carbocycles. The van der Waals surface area contributed by atoms with E-state index in [1.165, 1.54) is 33.3 Å². The number of carbonyl (C=O) groups is 1. The minimum atomic E-state index is 0.0978. The number of amides is 1. The second-order valence-corrected chi connectivity index (χ2v) is 9.67. The van der Waals surface area contributed by atoms with Crippen molar-refractivity contribution in [1.82, 2.24) is 24.8 Å². The molecule has 0 radical (unpaired) electrons. The van der Waals surface area contributed by atoms with Crippen molar-refractivity contribution in [3.8, 4) is 11.3 Å². The van der Waals surface area contributed by atoms with E-state index in [1.807, 2.05) is 17.6 Å². The minimum Gasteiger partial charge on any atom is -0.358 e. The van der Waals surface area contributed by atoms with Gasteiger partial charge in [-0.05, 0) is 86.1 Å². The smallest absolute Gasteiger partial charge is 0.233 e. The second kappa shape index (κ2) is 8.67. The summed E-state index contributed by atoms with van der Waals surface area (Å²) in [6.07, 6.45) is 4.23. The highest BCUT2D eigenvalue weighted by molar-refractivity contribution is 5.92. The van der Waals surface area contributed by atoms with Crippen LogP contribution < -0.4 is 5.32 Å². The topological polar surface area (TPSA) is 65.4 Å². The molecule has 0 atom stereocenters. The number of likely N-dealkylation sites (N-methyl/N-ethyl adjacent to an activating group) is 1. The molecule has 4 aromatic rings. The molecule has 0 spiro atoms. The number of nitrogens with one attached hydrogen (secondary N) is 2. The maximum Gasteiger partial charge on any atom is 0.233 e. The summed E-state index contributed by atoms with van der Waals surface area (Å²) in [5.41, 5.74) is 8.53. The first-order chi connectivity index (χ1) is 15.9. The Kier molecular flexibility index (Phi) is 5.71. The molecule has 0 aliphatic carbocycles. The van der Waals surface area contributed by atoms with E-state index >= 15 is 0 Å². The van der Waals surface area contributed by atoms with Crippen LogP contribution in [0.3, 0.4) is 0 Å². The molecular formula is C27H33N5O. The number of rotatable bonds is 5. The quantitative estimate of drug-likeness (QED) is 0.464. The third-order valence-corrected chi connectivity index (χ3v) is 7.02. The van der Waals surface area contributed by atoms with Gasteiger partial charge in [-0.3, -0.25) is 9.69 Å². The molecule has 5 rings (SSSR count). The molecule has 1 aliphatic rings. The molecule has 172 valence electrons. The summed E-state index contributed by atoms with van der Waals surface area (Å²) in [6.45, 7) is 9.02. The number of benzene rings is 1. The molecule has 1 aliphatic heterocycles. The zero-order valence-corrected chi connectivity index (χ0v) is 20.0. The van der Waals surface area contributed by atoms with Gasteiger partial charge in [-0.2, -0.15) is 5.10 Å². The fourth-order valence-electron chi connectivity index (χ4n) is 5.30. The number of hydrogen-bond donors (Lipinski definition) is 2. The standard InChI is InChI=1S/C27H33N5O/c1-17(2)26-23-15-20(19-7-10-31(11-8-19)16-25(33)28-4)5-6-24(23)29-27(26)21-9-12-32-22(14-21)13-18(3)30-32/h5-6,9,12-15,17,19,29H,7-8,10-11,16H2,1-4H3,(H,28,33). The Morgan fingerprint density at radius 3 is 2.70 bits per heavy atom. The Balaban J connectivity index is 1.47. The van der Waals surface area contributed by atoms with Gasteiger partial charge in [-0.25, -0.2) is 4.52 Å². The van der Waals surface area contributed by atoms with E-state index < -0.39 is 0 Å². The van der Waals surface area contributed by atoms with Crippen molar-refractivity contribution >= 4 is 22.3 Å². The fourth-order valence-corrected chi connectivity index (χ4v) is 5.30. The van der Waals surface area contributed by atoms with Crippen molar-refractivity contribution in [2.75, 3.05) is 26.7 Å². The zero-order valence-electron chi connectivity index (χ0n) is 20.0. The number of carbonyl (C=O) groups excluding carboxylic acids is 1. The molecule has 1 fully saturated rings. The lowest BCUT2D eigenvalue weighted by Gasteiger charge is -2.31. The number of piperidine rings is 1. The number of pyridine rings is 1. The van der Waals surface area contributed by atoms with Gasteiger partial charge in [0.25, 0.3) is 0 Å². The van der Waals surface area contributed by atoms with Gasteiger partial charge in [0.05, 0.1) is 23.4 Å². The SMILES string of the molecule is CNC(=O)CN1CCC(c2ccc3[nH]c(-c4ccn5nc(C)cc5c4)c(C(C)C)c3c2)CC1. The van der Waals surface area contributed by atoms with Gasteiger partial charge in [0.15, 0.2) is 0 Å². The van der Waals surface area contributed by atoms with Crippen molar-refractivity contribution in [3.63, 3.8) is 0 Å². The zero-order chi connectivity index (χ0) is 23.1. The number of aryl methyl sites for hydroxylation is 1. The van der Waals surface area contributed by atoms with Gasteiger partial charge in [0, 0.05) is 29.7 Å². The molecule has 3 aromatic heterocycles. The minimum absolute atomic E-state index is 0.0978. The van der Waals surface area contributed by atoms with Gasteiger partial charge in [0.1, 0.15) is 0 Å². The van der Waals surface area contributed by atoms with Crippen molar-refractivity contribution in [2.45, 2.75) is 45.4 Å². The average Bonchev–Trinajstić information content (AvgIpc) is 3.37. The molecule has 2 N–H and O–H groups in total. The predicted molar refractivity (Wildman–Crippen MR) is 134 cm³/mol. The molecule has 6 heteroatoms. The molecular weight excluding hydrogens is 410 g/mol. The van der Waals surface area contributed by atoms with Crippen molar-refractivity contribution in [3.05, 3.63) is 59.4 Å². The van der Waals surface area contributed by atoms with E-state index in [-0.39, 0.29) is 5.91 Å². The number of fused-ring (bicyclic) bond motifs is 2. The van der Waals surface area contributed by atoms with Gasteiger partial charge in [0.2, 0.25) is 5.91 Å². The highest BCUT2D eigenvalue weighted by atomic mass is 16.1. The third-order valence-electron chi connectivity index (χ3n) is 7.02. The normalized spacial score (nSPS) is 15.7. The molecule has 0 bridgehead atoms. The number of aromatic amines is 1. The van der Waals surface area contributed by atoms with Gasteiger partial charge in [-0.15, -0.1) is 0 Å². The monoisotopic (exact) mass is 443 g/mol. The maximum atomic E-state index is 11.7. The van der Waals surface area contributed by atoms with Crippen LogP contribution >= 0.6 is 0 Å². The Labute approximate surface area is 195 Å². The lowest BCUT2D eigenvalue weighted by atomic mass is 9.87. The predicted octanol–water partition coefficient (Wildman–Crippen LogP) is 4.84. The largest absolute Gasteiger partial charge is 0.358 e. The molecule has 33 heavy (non-hydrogen) atoms. The first kappa shape index (κ1) is 21.7. The van der Waals surface area contributed by atoms with Crippen LogP contribution in [0.25, 0.3) is 27.7 Å². The molecule has 6 nitrogen and oxygen atoms in total. The van der Waals surface area contributed by atoms with Crippen LogP contribution in [0, 0.1) is 6.92 Å². The number of aromatic nitrogens is 3. The lowest BCUT2D eigenvalue weighted by Crippen LogP contribution is -2.40. The van der Waals surface area contributed by atoms with Crippen molar-refractivity contribution < 1.29 is 4.79 Å². The Hall–Kier alpha value is -3.12.